The van der Waals surface area contributed by atoms with E-state index in [-0.39, 0.29) is 5.91 Å². The van der Waals surface area contributed by atoms with Crippen LogP contribution in [0, 0.1) is 6.92 Å². The van der Waals surface area contributed by atoms with Crippen LogP contribution in [0.25, 0.3) is 5.69 Å². The van der Waals surface area contributed by atoms with E-state index in [1.165, 1.54) is 0 Å². The van der Waals surface area contributed by atoms with Crippen LogP contribution in [-0.2, 0) is 13.0 Å². The van der Waals surface area contributed by atoms with Crippen molar-refractivity contribution in [2.45, 2.75) is 33.2 Å². The van der Waals surface area contributed by atoms with E-state index in [9.17, 15) is 4.79 Å². The third kappa shape index (κ3) is 3.94. The molecule has 25 heavy (non-hydrogen) atoms. The van der Waals surface area contributed by atoms with Gasteiger partial charge >= 0.3 is 0 Å². The number of rotatable bonds is 6. The molecule has 0 saturated carbocycles. The largest absolute Gasteiger partial charge is 0.346 e. The van der Waals surface area contributed by atoms with Crippen molar-refractivity contribution in [3.05, 3.63) is 77.4 Å². The van der Waals surface area contributed by atoms with Gasteiger partial charge in [0.05, 0.1) is 35.4 Å². The molecule has 1 aromatic carbocycles. The Morgan fingerprint density at radius 1 is 1.20 bits per heavy atom. The molecule has 0 bridgehead atoms. The number of nitrogens with zero attached hydrogens (tertiary/aromatic N) is 3. The zero-order valence-electron chi connectivity index (χ0n) is 14.6. The molecule has 1 amide bonds. The SMILES string of the molecule is CCCc1c(C(=O)NCc2ccccn2)cnn1-c1cccc(C)c1. The van der Waals surface area contributed by atoms with Crippen molar-refractivity contribution in [1.82, 2.24) is 20.1 Å². The summed E-state index contributed by atoms with van der Waals surface area (Å²) in [6.45, 7) is 4.55. The van der Waals surface area contributed by atoms with Gasteiger partial charge in [-0.1, -0.05) is 31.5 Å². The first-order valence-corrected chi connectivity index (χ1v) is 8.51. The summed E-state index contributed by atoms with van der Waals surface area (Å²) < 4.78 is 1.87. The van der Waals surface area contributed by atoms with Gasteiger partial charge in [0.15, 0.2) is 0 Å². The van der Waals surface area contributed by atoms with Gasteiger partial charge in [0.25, 0.3) is 5.91 Å². The molecule has 2 aromatic heterocycles. The van der Waals surface area contributed by atoms with Gasteiger partial charge in [-0.15, -0.1) is 0 Å². The Morgan fingerprint density at radius 3 is 2.80 bits per heavy atom. The van der Waals surface area contributed by atoms with E-state index >= 15 is 0 Å². The molecule has 1 N–H and O–H groups in total. The molecule has 3 rings (SSSR count). The Balaban J connectivity index is 1.84. The summed E-state index contributed by atoms with van der Waals surface area (Å²) in [5.41, 5.74) is 4.54. The van der Waals surface area contributed by atoms with Crippen LogP contribution in [0.2, 0.25) is 0 Å². The Hall–Kier alpha value is -2.95. The highest BCUT2D eigenvalue weighted by molar-refractivity contribution is 5.95. The van der Waals surface area contributed by atoms with Crippen LogP contribution in [0.1, 0.15) is 40.7 Å². The predicted octanol–water partition coefficient (Wildman–Crippen LogP) is 3.46. The second kappa shape index (κ2) is 7.75. The number of hydrogen-bond acceptors (Lipinski definition) is 3. The third-order valence-corrected chi connectivity index (χ3v) is 4.00. The van der Waals surface area contributed by atoms with Crippen LogP contribution < -0.4 is 5.32 Å². The first kappa shape index (κ1) is 16.9. The van der Waals surface area contributed by atoms with Crippen molar-refractivity contribution in [3.63, 3.8) is 0 Å². The van der Waals surface area contributed by atoms with Gasteiger partial charge in [0, 0.05) is 6.20 Å². The van der Waals surface area contributed by atoms with E-state index in [4.69, 9.17) is 0 Å². The van der Waals surface area contributed by atoms with Crippen LogP contribution >= 0.6 is 0 Å². The summed E-state index contributed by atoms with van der Waals surface area (Å²) in [5, 5.41) is 7.40. The number of carbonyl (C=O) groups is 1. The molecule has 0 aliphatic rings. The van der Waals surface area contributed by atoms with Crippen LogP contribution in [0.5, 0.6) is 0 Å². The number of amides is 1. The second-order valence-corrected chi connectivity index (χ2v) is 6.01. The van der Waals surface area contributed by atoms with E-state index in [1.54, 1.807) is 12.4 Å². The molecule has 128 valence electrons. The first-order valence-electron chi connectivity index (χ1n) is 8.51. The molecular weight excluding hydrogens is 312 g/mol. The van der Waals surface area contributed by atoms with Crippen molar-refractivity contribution in [2.24, 2.45) is 0 Å². The van der Waals surface area contributed by atoms with E-state index in [0.717, 1.165) is 35.5 Å². The van der Waals surface area contributed by atoms with Gasteiger partial charge in [-0.25, -0.2) is 4.68 Å². The normalized spacial score (nSPS) is 10.6. The van der Waals surface area contributed by atoms with Crippen LogP contribution in [0.4, 0.5) is 0 Å². The molecule has 0 unspecified atom stereocenters. The summed E-state index contributed by atoms with van der Waals surface area (Å²) in [7, 11) is 0. The van der Waals surface area contributed by atoms with Gasteiger partial charge in [0.2, 0.25) is 0 Å². The number of pyridine rings is 1. The Bertz CT molecular complexity index is 855. The fraction of sp³-hybridized carbons (Fsp3) is 0.250. The highest BCUT2D eigenvalue weighted by Crippen LogP contribution is 2.18. The van der Waals surface area contributed by atoms with Crippen molar-refractivity contribution in [1.29, 1.82) is 0 Å². The second-order valence-electron chi connectivity index (χ2n) is 6.01. The highest BCUT2D eigenvalue weighted by atomic mass is 16.1. The zero-order chi connectivity index (χ0) is 17.6. The monoisotopic (exact) mass is 334 g/mol. The van der Waals surface area contributed by atoms with Gasteiger partial charge in [0.1, 0.15) is 0 Å². The minimum atomic E-state index is -0.118. The van der Waals surface area contributed by atoms with Crippen molar-refractivity contribution in [2.75, 3.05) is 0 Å². The minimum absolute atomic E-state index is 0.118. The van der Waals surface area contributed by atoms with Crippen LogP contribution in [-0.4, -0.2) is 20.7 Å². The van der Waals surface area contributed by atoms with E-state index < -0.39 is 0 Å². The standard InChI is InChI=1S/C20H22N4O/c1-3-7-19-18(20(25)22-13-16-9-4-5-11-21-16)14-23-24(19)17-10-6-8-15(2)12-17/h4-6,8-12,14H,3,7,13H2,1-2H3,(H,22,25). The lowest BCUT2D eigenvalue weighted by Crippen LogP contribution is -2.24. The number of aryl methyl sites for hydroxylation is 1. The minimum Gasteiger partial charge on any atom is -0.346 e. The fourth-order valence-electron chi connectivity index (χ4n) is 2.79. The Kier molecular flexibility index (Phi) is 5.23. The lowest BCUT2D eigenvalue weighted by molar-refractivity contribution is 0.0949. The molecule has 0 radical (unpaired) electrons. The number of carbonyl (C=O) groups excluding carboxylic acids is 1. The molecule has 0 fully saturated rings. The molecule has 5 nitrogen and oxygen atoms in total. The summed E-state index contributed by atoms with van der Waals surface area (Å²) in [5.74, 6) is -0.118. The fourth-order valence-corrected chi connectivity index (χ4v) is 2.79. The van der Waals surface area contributed by atoms with Crippen LogP contribution in [0.15, 0.2) is 54.9 Å². The van der Waals surface area contributed by atoms with Crippen LogP contribution in [0.3, 0.4) is 0 Å². The summed E-state index contributed by atoms with van der Waals surface area (Å²) in [6, 6.07) is 13.8. The van der Waals surface area contributed by atoms with E-state index in [2.05, 4.69) is 28.4 Å². The highest BCUT2D eigenvalue weighted by Gasteiger charge is 2.17. The van der Waals surface area contributed by atoms with Crippen molar-refractivity contribution in [3.8, 4) is 5.69 Å². The van der Waals surface area contributed by atoms with E-state index in [0.29, 0.717) is 12.1 Å². The molecule has 0 saturated heterocycles. The summed E-state index contributed by atoms with van der Waals surface area (Å²) in [4.78, 5) is 16.9. The lowest BCUT2D eigenvalue weighted by atomic mass is 10.1. The molecule has 5 heteroatoms. The molecule has 0 spiro atoms. The summed E-state index contributed by atoms with van der Waals surface area (Å²) in [6.07, 6.45) is 5.11. The average molecular weight is 334 g/mol. The predicted molar refractivity (Wildman–Crippen MR) is 97.7 cm³/mol. The quantitative estimate of drug-likeness (QED) is 0.751. The van der Waals surface area contributed by atoms with Gasteiger partial charge < -0.3 is 5.32 Å². The Morgan fingerprint density at radius 2 is 2.08 bits per heavy atom. The van der Waals surface area contributed by atoms with E-state index in [1.807, 2.05) is 48.0 Å². The molecule has 2 heterocycles. The van der Waals surface area contributed by atoms with Gasteiger partial charge in [-0.2, -0.15) is 5.10 Å². The number of benzene rings is 1. The Labute approximate surface area is 147 Å². The zero-order valence-corrected chi connectivity index (χ0v) is 14.6. The maximum absolute atomic E-state index is 12.6. The molecular formula is C20H22N4O. The maximum atomic E-state index is 12.6. The first-order chi connectivity index (χ1) is 12.2. The average Bonchev–Trinajstić information content (AvgIpc) is 3.05. The van der Waals surface area contributed by atoms with Gasteiger partial charge in [-0.3, -0.25) is 9.78 Å². The topological polar surface area (TPSA) is 59.8 Å². The molecule has 3 aromatic rings. The summed E-state index contributed by atoms with van der Waals surface area (Å²) >= 11 is 0. The van der Waals surface area contributed by atoms with Gasteiger partial charge in [-0.05, 0) is 43.2 Å². The lowest BCUT2D eigenvalue weighted by Gasteiger charge is -2.10. The maximum Gasteiger partial charge on any atom is 0.255 e. The number of nitrogens with one attached hydrogen (secondary N) is 1. The number of hydrogen-bond donors (Lipinski definition) is 1. The molecule has 0 aliphatic heterocycles. The van der Waals surface area contributed by atoms with Crippen molar-refractivity contribution < 1.29 is 4.79 Å². The number of aromatic nitrogens is 3. The molecule has 0 aliphatic carbocycles. The third-order valence-electron chi connectivity index (χ3n) is 4.00. The smallest absolute Gasteiger partial charge is 0.255 e. The molecule has 0 atom stereocenters. The van der Waals surface area contributed by atoms with Crippen molar-refractivity contribution >= 4 is 5.91 Å².